The Morgan fingerprint density at radius 2 is 2.33 bits per heavy atom. The molecule has 0 aliphatic rings. The number of rotatable bonds is 3. The summed E-state index contributed by atoms with van der Waals surface area (Å²) in [7, 11) is 1.29. The third kappa shape index (κ3) is 3.60. The second-order valence-corrected chi connectivity index (χ2v) is 3.70. The standard InChI is InChI=1S/C10H8FNO2S/c1-14-10(13)6-15-9-3-7(5-12)2-8(11)4-9/h2-4H,6H2,1H3. The van der Waals surface area contributed by atoms with E-state index < -0.39 is 5.82 Å². The van der Waals surface area contributed by atoms with Crippen LogP contribution in [0.1, 0.15) is 5.56 Å². The van der Waals surface area contributed by atoms with Crippen molar-refractivity contribution >= 4 is 17.7 Å². The summed E-state index contributed by atoms with van der Waals surface area (Å²) in [6.07, 6.45) is 0. The van der Waals surface area contributed by atoms with Gasteiger partial charge in [0, 0.05) is 4.90 Å². The second-order valence-electron chi connectivity index (χ2n) is 2.65. The number of carbonyl (C=O) groups excluding carboxylic acids is 1. The van der Waals surface area contributed by atoms with Crippen LogP contribution in [0.3, 0.4) is 0 Å². The van der Waals surface area contributed by atoms with Crippen LogP contribution in [0.15, 0.2) is 23.1 Å². The Morgan fingerprint density at radius 1 is 1.60 bits per heavy atom. The Balaban J connectivity index is 2.74. The molecule has 1 rings (SSSR count). The molecule has 0 radical (unpaired) electrons. The minimum Gasteiger partial charge on any atom is -0.468 e. The number of carbonyl (C=O) groups is 1. The molecule has 0 aliphatic heterocycles. The molecule has 0 N–H and O–H groups in total. The molecule has 5 heteroatoms. The number of ether oxygens (including phenoxy) is 1. The molecule has 0 aliphatic carbocycles. The molecular weight excluding hydrogens is 217 g/mol. The third-order valence-corrected chi connectivity index (χ3v) is 2.53. The highest BCUT2D eigenvalue weighted by molar-refractivity contribution is 8.00. The number of hydrogen-bond donors (Lipinski definition) is 0. The van der Waals surface area contributed by atoms with Gasteiger partial charge in [-0.2, -0.15) is 5.26 Å². The van der Waals surface area contributed by atoms with Crippen LogP contribution < -0.4 is 0 Å². The third-order valence-electron chi connectivity index (χ3n) is 1.58. The molecule has 1 aromatic rings. The number of nitriles is 1. The van der Waals surface area contributed by atoms with Crippen molar-refractivity contribution in [1.29, 1.82) is 5.26 Å². The van der Waals surface area contributed by atoms with E-state index in [1.807, 2.05) is 6.07 Å². The van der Waals surface area contributed by atoms with Crippen LogP contribution in [-0.4, -0.2) is 18.8 Å². The average Bonchev–Trinajstić information content (AvgIpc) is 2.25. The topological polar surface area (TPSA) is 50.1 Å². The fraction of sp³-hybridized carbons (Fsp3) is 0.200. The van der Waals surface area contributed by atoms with Crippen LogP contribution in [0.5, 0.6) is 0 Å². The quantitative estimate of drug-likeness (QED) is 0.583. The first-order chi connectivity index (χ1) is 7.15. The molecule has 78 valence electrons. The van der Waals surface area contributed by atoms with Gasteiger partial charge in [-0.25, -0.2) is 4.39 Å². The molecule has 0 spiro atoms. The normalized spacial score (nSPS) is 9.40. The highest BCUT2D eigenvalue weighted by Crippen LogP contribution is 2.20. The van der Waals surface area contributed by atoms with Crippen LogP contribution in [0, 0.1) is 17.1 Å². The number of halogens is 1. The maximum atomic E-state index is 12.9. The molecule has 0 amide bonds. The minimum absolute atomic E-state index is 0.102. The maximum absolute atomic E-state index is 12.9. The minimum atomic E-state index is -0.485. The van der Waals surface area contributed by atoms with Gasteiger partial charge in [0.1, 0.15) is 5.82 Å². The van der Waals surface area contributed by atoms with Gasteiger partial charge in [-0.15, -0.1) is 11.8 Å². The van der Waals surface area contributed by atoms with Crippen molar-refractivity contribution < 1.29 is 13.9 Å². The second kappa shape index (κ2) is 5.37. The van der Waals surface area contributed by atoms with Crippen molar-refractivity contribution in [3.8, 4) is 6.07 Å². The van der Waals surface area contributed by atoms with Crippen LogP contribution in [0.4, 0.5) is 4.39 Å². The Labute approximate surface area is 90.8 Å². The van der Waals surface area contributed by atoms with Crippen molar-refractivity contribution in [2.75, 3.05) is 12.9 Å². The largest absolute Gasteiger partial charge is 0.468 e. The first-order valence-corrected chi connectivity index (χ1v) is 5.04. The van der Waals surface area contributed by atoms with E-state index in [-0.39, 0.29) is 17.3 Å². The smallest absolute Gasteiger partial charge is 0.315 e. The molecule has 0 bridgehead atoms. The van der Waals surface area contributed by atoms with Gasteiger partial charge in [0.25, 0.3) is 0 Å². The van der Waals surface area contributed by atoms with E-state index in [1.54, 1.807) is 0 Å². The molecule has 0 unspecified atom stereocenters. The summed E-state index contributed by atoms with van der Waals surface area (Å²) in [6, 6.07) is 5.78. The fourth-order valence-corrected chi connectivity index (χ4v) is 1.72. The van der Waals surface area contributed by atoms with Gasteiger partial charge in [-0.3, -0.25) is 4.79 Å². The van der Waals surface area contributed by atoms with Gasteiger partial charge in [0.15, 0.2) is 0 Å². The van der Waals surface area contributed by atoms with Crippen molar-refractivity contribution in [3.63, 3.8) is 0 Å². The lowest BCUT2D eigenvalue weighted by atomic mass is 10.2. The summed E-state index contributed by atoms with van der Waals surface area (Å²) < 4.78 is 17.4. The first-order valence-electron chi connectivity index (χ1n) is 4.06. The predicted octanol–water partition coefficient (Wildman–Crippen LogP) is 1.96. The Bertz CT molecular complexity index is 414. The lowest BCUT2D eigenvalue weighted by Gasteiger charge is -2.01. The SMILES string of the molecule is COC(=O)CSc1cc(F)cc(C#N)c1. The van der Waals surface area contributed by atoms with E-state index in [2.05, 4.69) is 4.74 Å². The molecular formula is C10H8FNO2S. The lowest BCUT2D eigenvalue weighted by Crippen LogP contribution is -2.02. The number of esters is 1. The Hall–Kier alpha value is -1.54. The predicted molar refractivity (Wildman–Crippen MR) is 53.9 cm³/mol. The van der Waals surface area contributed by atoms with Gasteiger partial charge < -0.3 is 4.74 Å². The molecule has 1 aromatic carbocycles. The molecule has 0 fully saturated rings. The van der Waals surface area contributed by atoms with Crippen molar-refractivity contribution in [2.45, 2.75) is 4.90 Å². The Kier molecular flexibility index (Phi) is 4.13. The van der Waals surface area contributed by atoms with Crippen LogP contribution in [-0.2, 0) is 9.53 Å². The zero-order chi connectivity index (χ0) is 11.3. The van der Waals surface area contributed by atoms with E-state index in [0.717, 1.165) is 17.8 Å². The van der Waals surface area contributed by atoms with Gasteiger partial charge in [-0.05, 0) is 18.2 Å². The maximum Gasteiger partial charge on any atom is 0.315 e. The molecule has 0 aromatic heterocycles. The van der Waals surface area contributed by atoms with E-state index in [4.69, 9.17) is 5.26 Å². The van der Waals surface area contributed by atoms with E-state index in [0.29, 0.717) is 4.90 Å². The number of thioether (sulfide) groups is 1. The summed E-state index contributed by atoms with van der Waals surface area (Å²) in [6.45, 7) is 0. The lowest BCUT2D eigenvalue weighted by molar-refractivity contribution is -0.137. The molecule has 0 saturated carbocycles. The summed E-state index contributed by atoms with van der Waals surface area (Å²) in [5.74, 6) is -0.769. The summed E-state index contributed by atoms with van der Waals surface area (Å²) in [5.41, 5.74) is 0.238. The van der Waals surface area contributed by atoms with Crippen molar-refractivity contribution in [3.05, 3.63) is 29.6 Å². The molecule has 15 heavy (non-hydrogen) atoms. The van der Waals surface area contributed by atoms with Crippen LogP contribution in [0.2, 0.25) is 0 Å². The van der Waals surface area contributed by atoms with Crippen LogP contribution in [0.25, 0.3) is 0 Å². The molecule has 0 atom stereocenters. The highest BCUT2D eigenvalue weighted by atomic mass is 32.2. The summed E-state index contributed by atoms with van der Waals surface area (Å²) in [5, 5.41) is 8.59. The monoisotopic (exact) mass is 225 g/mol. The highest BCUT2D eigenvalue weighted by Gasteiger charge is 2.04. The van der Waals surface area contributed by atoms with Gasteiger partial charge in [0.2, 0.25) is 0 Å². The van der Waals surface area contributed by atoms with E-state index in [1.165, 1.54) is 19.2 Å². The summed E-state index contributed by atoms with van der Waals surface area (Å²) in [4.78, 5) is 11.4. The summed E-state index contributed by atoms with van der Waals surface area (Å²) >= 11 is 1.13. The Morgan fingerprint density at radius 3 is 2.93 bits per heavy atom. The first kappa shape index (κ1) is 11.5. The van der Waals surface area contributed by atoms with E-state index >= 15 is 0 Å². The van der Waals surface area contributed by atoms with Crippen molar-refractivity contribution in [1.82, 2.24) is 0 Å². The zero-order valence-electron chi connectivity index (χ0n) is 7.99. The molecule has 0 saturated heterocycles. The van der Waals surface area contributed by atoms with Gasteiger partial charge in [-0.1, -0.05) is 0 Å². The zero-order valence-corrected chi connectivity index (χ0v) is 8.81. The van der Waals surface area contributed by atoms with Gasteiger partial charge >= 0.3 is 5.97 Å². The van der Waals surface area contributed by atoms with Crippen molar-refractivity contribution in [2.24, 2.45) is 0 Å². The molecule has 3 nitrogen and oxygen atoms in total. The number of nitrogens with zero attached hydrogens (tertiary/aromatic N) is 1. The van der Waals surface area contributed by atoms with E-state index in [9.17, 15) is 9.18 Å². The van der Waals surface area contributed by atoms with Crippen LogP contribution >= 0.6 is 11.8 Å². The number of methoxy groups -OCH3 is 1. The fourth-order valence-electron chi connectivity index (χ4n) is 0.912. The number of hydrogen-bond acceptors (Lipinski definition) is 4. The molecule has 0 heterocycles. The average molecular weight is 225 g/mol. The number of benzene rings is 1. The van der Waals surface area contributed by atoms with Gasteiger partial charge in [0.05, 0.1) is 24.5 Å².